The molecule has 0 saturated carbocycles. The Morgan fingerprint density at radius 2 is 1.18 bits per heavy atom. The molecule has 0 fully saturated rings. The lowest BCUT2D eigenvalue weighted by atomic mass is 10.1. The molecule has 0 heterocycles. The lowest BCUT2D eigenvalue weighted by Gasteiger charge is -1.98. The lowest BCUT2D eigenvalue weighted by molar-refractivity contribution is -0.107. The summed E-state index contributed by atoms with van der Waals surface area (Å²) >= 11 is 0. The number of aldehydes is 1. The van der Waals surface area contributed by atoms with Gasteiger partial charge in [-0.25, -0.2) is 0 Å². The molecule has 17 heavy (non-hydrogen) atoms. The van der Waals surface area contributed by atoms with Gasteiger partial charge in [0.2, 0.25) is 0 Å². The molecule has 1 nitrogen and oxygen atoms in total. The monoisotopic (exact) mass is 236 g/mol. The Bertz CT molecular complexity index is 204. The molecule has 0 aliphatic carbocycles. The van der Waals surface area contributed by atoms with Crippen LogP contribution in [0.2, 0.25) is 0 Å². The van der Waals surface area contributed by atoms with Crippen LogP contribution in [-0.2, 0) is 4.79 Å². The molecular weight excluding hydrogens is 208 g/mol. The third-order valence-electron chi connectivity index (χ3n) is 2.85. The molecule has 0 rings (SSSR count). The van der Waals surface area contributed by atoms with Crippen molar-refractivity contribution in [2.24, 2.45) is 0 Å². The van der Waals surface area contributed by atoms with Gasteiger partial charge in [-0.15, -0.1) is 0 Å². The van der Waals surface area contributed by atoms with Crippen LogP contribution in [0.25, 0.3) is 0 Å². The normalized spacial score (nSPS) is 11.6. The molecule has 0 bridgehead atoms. The van der Waals surface area contributed by atoms with E-state index < -0.39 is 0 Å². The second-order valence-electron chi connectivity index (χ2n) is 4.48. The third-order valence-corrected chi connectivity index (χ3v) is 2.85. The van der Waals surface area contributed by atoms with Gasteiger partial charge in [0, 0.05) is 6.42 Å². The molecule has 0 aliphatic rings. The average Bonchev–Trinajstić information content (AvgIpc) is 2.35. The maximum Gasteiger partial charge on any atom is 0.119 e. The van der Waals surface area contributed by atoms with Crippen LogP contribution in [0.15, 0.2) is 24.3 Å². The first-order valence-corrected chi connectivity index (χ1v) is 7.11. The molecule has 0 aromatic rings. The fourth-order valence-corrected chi connectivity index (χ4v) is 1.79. The van der Waals surface area contributed by atoms with Gasteiger partial charge in [-0.05, 0) is 39.0 Å². The first kappa shape index (κ1) is 16.1. The van der Waals surface area contributed by atoms with E-state index in [2.05, 4.69) is 31.2 Å². The van der Waals surface area contributed by atoms with Crippen LogP contribution in [-0.4, -0.2) is 6.29 Å². The van der Waals surface area contributed by atoms with Gasteiger partial charge in [-0.1, -0.05) is 50.0 Å². The number of hydrogen-bond acceptors (Lipinski definition) is 1. The Morgan fingerprint density at radius 3 is 1.82 bits per heavy atom. The average molecular weight is 236 g/mol. The van der Waals surface area contributed by atoms with Crippen molar-refractivity contribution in [3.8, 4) is 0 Å². The Kier molecular flexibility index (Phi) is 14.4. The molecule has 98 valence electrons. The summed E-state index contributed by atoms with van der Waals surface area (Å²) in [5.74, 6) is 0. The minimum atomic E-state index is 0.745. The second kappa shape index (κ2) is 15.1. The van der Waals surface area contributed by atoms with Gasteiger partial charge in [0.1, 0.15) is 6.29 Å². The van der Waals surface area contributed by atoms with E-state index in [1.165, 1.54) is 51.4 Å². The van der Waals surface area contributed by atoms with E-state index in [9.17, 15) is 4.79 Å². The van der Waals surface area contributed by atoms with Gasteiger partial charge in [0.05, 0.1) is 0 Å². The predicted octanol–water partition coefficient (Wildman–Crippen LogP) is 5.22. The summed E-state index contributed by atoms with van der Waals surface area (Å²) in [6.07, 6.45) is 21.8. The van der Waals surface area contributed by atoms with E-state index >= 15 is 0 Å². The number of rotatable bonds is 12. The SMILES string of the molecule is CC=CCCC=CCCCCCCCCC=O. The highest BCUT2D eigenvalue weighted by Gasteiger charge is 1.90. The van der Waals surface area contributed by atoms with E-state index in [1.807, 2.05) is 0 Å². The van der Waals surface area contributed by atoms with Crippen molar-refractivity contribution in [3.05, 3.63) is 24.3 Å². The summed E-state index contributed by atoms with van der Waals surface area (Å²) in [4.78, 5) is 10.1. The predicted molar refractivity (Wildman–Crippen MR) is 76.2 cm³/mol. The lowest BCUT2D eigenvalue weighted by Crippen LogP contribution is -1.80. The molecule has 0 spiro atoms. The van der Waals surface area contributed by atoms with E-state index in [-0.39, 0.29) is 0 Å². The van der Waals surface area contributed by atoms with Crippen LogP contribution in [0.4, 0.5) is 0 Å². The van der Waals surface area contributed by atoms with E-state index in [0.29, 0.717) is 0 Å². The van der Waals surface area contributed by atoms with E-state index in [1.54, 1.807) is 0 Å². The topological polar surface area (TPSA) is 17.1 Å². The molecule has 0 unspecified atom stereocenters. The minimum Gasteiger partial charge on any atom is -0.303 e. The highest BCUT2D eigenvalue weighted by atomic mass is 16.1. The van der Waals surface area contributed by atoms with Crippen LogP contribution >= 0.6 is 0 Å². The van der Waals surface area contributed by atoms with Gasteiger partial charge < -0.3 is 4.79 Å². The summed E-state index contributed by atoms with van der Waals surface area (Å²) in [6.45, 7) is 2.07. The Morgan fingerprint density at radius 1 is 0.647 bits per heavy atom. The van der Waals surface area contributed by atoms with Gasteiger partial charge >= 0.3 is 0 Å². The zero-order chi connectivity index (χ0) is 12.6. The minimum absolute atomic E-state index is 0.745. The standard InChI is InChI=1S/C16H28O/c1-2-3-4-5-6-7-8-9-10-11-12-13-14-15-16-17/h2-3,6-7,16H,4-5,8-15H2,1H3. The molecule has 0 radical (unpaired) electrons. The summed E-state index contributed by atoms with van der Waals surface area (Å²) in [5, 5.41) is 0. The van der Waals surface area contributed by atoms with Crippen molar-refractivity contribution >= 4 is 6.29 Å². The van der Waals surface area contributed by atoms with Crippen molar-refractivity contribution in [2.75, 3.05) is 0 Å². The summed E-state index contributed by atoms with van der Waals surface area (Å²) in [5.41, 5.74) is 0. The maximum atomic E-state index is 10.1. The highest BCUT2D eigenvalue weighted by Crippen LogP contribution is 2.08. The molecule has 0 amide bonds. The van der Waals surface area contributed by atoms with Crippen molar-refractivity contribution in [1.29, 1.82) is 0 Å². The van der Waals surface area contributed by atoms with Crippen LogP contribution < -0.4 is 0 Å². The Balaban J connectivity index is 3.04. The molecular formula is C16H28O. The molecule has 1 heteroatoms. The highest BCUT2D eigenvalue weighted by molar-refractivity contribution is 5.48. The molecule has 0 aromatic carbocycles. The second-order valence-corrected chi connectivity index (χ2v) is 4.48. The molecule has 0 aliphatic heterocycles. The number of carbonyl (C=O) groups is 1. The molecule has 0 aromatic heterocycles. The van der Waals surface area contributed by atoms with E-state index in [4.69, 9.17) is 0 Å². The number of carbonyl (C=O) groups excluding carboxylic acids is 1. The molecule has 0 N–H and O–H groups in total. The Hall–Kier alpha value is -0.850. The van der Waals surface area contributed by atoms with Crippen LogP contribution in [0, 0.1) is 0 Å². The maximum absolute atomic E-state index is 10.1. The van der Waals surface area contributed by atoms with Crippen molar-refractivity contribution in [1.82, 2.24) is 0 Å². The third kappa shape index (κ3) is 15.1. The molecule has 0 atom stereocenters. The molecule has 0 saturated heterocycles. The van der Waals surface area contributed by atoms with Gasteiger partial charge in [-0.3, -0.25) is 0 Å². The largest absolute Gasteiger partial charge is 0.303 e. The number of unbranched alkanes of at least 4 members (excludes halogenated alkanes) is 8. The van der Waals surface area contributed by atoms with Crippen molar-refractivity contribution < 1.29 is 4.79 Å². The Labute approximate surface area is 107 Å². The summed E-state index contributed by atoms with van der Waals surface area (Å²) in [7, 11) is 0. The van der Waals surface area contributed by atoms with Crippen molar-refractivity contribution in [2.45, 2.75) is 71.1 Å². The van der Waals surface area contributed by atoms with Gasteiger partial charge in [0.25, 0.3) is 0 Å². The summed E-state index contributed by atoms with van der Waals surface area (Å²) in [6, 6.07) is 0. The smallest absolute Gasteiger partial charge is 0.119 e. The van der Waals surface area contributed by atoms with Crippen molar-refractivity contribution in [3.63, 3.8) is 0 Å². The van der Waals surface area contributed by atoms with Crippen LogP contribution in [0.1, 0.15) is 71.1 Å². The van der Waals surface area contributed by atoms with E-state index in [0.717, 1.165) is 19.1 Å². The summed E-state index contributed by atoms with van der Waals surface area (Å²) < 4.78 is 0. The number of allylic oxidation sites excluding steroid dienone is 4. The first-order valence-electron chi connectivity index (χ1n) is 7.11. The van der Waals surface area contributed by atoms with Crippen LogP contribution in [0.5, 0.6) is 0 Å². The quantitative estimate of drug-likeness (QED) is 0.258. The zero-order valence-corrected chi connectivity index (χ0v) is 11.4. The fourth-order valence-electron chi connectivity index (χ4n) is 1.79. The van der Waals surface area contributed by atoms with Gasteiger partial charge in [0.15, 0.2) is 0 Å². The first-order chi connectivity index (χ1) is 8.41. The van der Waals surface area contributed by atoms with Gasteiger partial charge in [-0.2, -0.15) is 0 Å². The number of hydrogen-bond donors (Lipinski definition) is 0. The zero-order valence-electron chi connectivity index (χ0n) is 11.4. The van der Waals surface area contributed by atoms with Crippen LogP contribution in [0.3, 0.4) is 0 Å². The fraction of sp³-hybridized carbons (Fsp3) is 0.688.